The van der Waals surface area contributed by atoms with Crippen molar-refractivity contribution in [3.63, 3.8) is 0 Å². The van der Waals surface area contributed by atoms with Gasteiger partial charge in [-0.15, -0.1) is 0 Å². The van der Waals surface area contributed by atoms with Gasteiger partial charge in [0.05, 0.1) is 5.60 Å². The number of hydrogen-bond donors (Lipinski definition) is 1. The summed E-state index contributed by atoms with van der Waals surface area (Å²) in [6, 6.07) is 8.12. The van der Waals surface area contributed by atoms with Gasteiger partial charge in [0.2, 0.25) is 0 Å². The van der Waals surface area contributed by atoms with Gasteiger partial charge in [-0.25, -0.2) is 0 Å². The summed E-state index contributed by atoms with van der Waals surface area (Å²) < 4.78 is 5.25. The second kappa shape index (κ2) is 6.02. The maximum Gasteiger partial charge on any atom is 0.0940 e. The van der Waals surface area contributed by atoms with Crippen molar-refractivity contribution >= 4 is 0 Å². The minimum Gasteiger partial charge on any atom is -0.385 e. The maximum atomic E-state index is 10.4. The average Bonchev–Trinajstić information content (AvgIpc) is 2.33. The summed E-state index contributed by atoms with van der Waals surface area (Å²) >= 11 is 0. The molecule has 1 aromatic rings. The zero-order chi connectivity index (χ0) is 12.0. The second-order valence-electron chi connectivity index (χ2n) is 4.01. The molecule has 1 aliphatic heterocycles. The van der Waals surface area contributed by atoms with Crippen molar-refractivity contribution in [1.82, 2.24) is 0 Å². The van der Waals surface area contributed by atoms with E-state index in [1.54, 1.807) is 0 Å². The Morgan fingerprint density at radius 3 is 2.06 bits per heavy atom. The largest absolute Gasteiger partial charge is 0.385 e. The highest BCUT2D eigenvalue weighted by Gasteiger charge is 2.31. The lowest BCUT2D eigenvalue weighted by Crippen LogP contribution is -2.33. The summed E-state index contributed by atoms with van der Waals surface area (Å²) in [7, 11) is 0. The Labute approximate surface area is 98.3 Å². The molecule has 2 rings (SSSR count). The standard InChI is InChI=1S/C12H16O2.C2H6/c1-10-2-4-11(5-3-10)12(13)6-8-14-9-7-12;1-2/h2-5,13H,6-9H2,1H3;1-2H3. The minimum absolute atomic E-state index is 0.657. The van der Waals surface area contributed by atoms with Crippen LogP contribution >= 0.6 is 0 Å². The number of benzene rings is 1. The van der Waals surface area contributed by atoms with Crippen molar-refractivity contribution in [2.24, 2.45) is 0 Å². The highest BCUT2D eigenvalue weighted by atomic mass is 16.5. The summed E-state index contributed by atoms with van der Waals surface area (Å²) in [5.74, 6) is 0. The monoisotopic (exact) mass is 222 g/mol. The molecule has 2 heteroatoms. The zero-order valence-corrected chi connectivity index (χ0v) is 10.5. The van der Waals surface area contributed by atoms with E-state index in [4.69, 9.17) is 4.74 Å². The summed E-state index contributed by atoms with van der Waals surface area (Å²) in [5.41, 5.74) is 1.59. The van der Waals surface area contributed by atoms with Crippen LogP contribution < -0.4 is 0 Å². The van der Waals surface area contributed by atoms with Crippen LogP contribution in [0.5, 0.6) is 0 Å². The molecule has 2 nitrogen and oxygen atoms in total. The minimum atomic E-state index is -0.661. The fourth-order valence-electron chi connectivity index (χ4n) is 1.86. The lowest BCUT2D eigenvalue weighted by atomic mass is 9.86. The third-order valence-corrected chi connectivity index (χ3v) is 2.91. The Balaban J connectivity index is 0.000000606. The fourth-order valence-corrected chi connectivity index (χ4v) is 1.86. The van der Waals surface area contributed by atoms with Crippen molar-refractivity contribution in [3.05, 3.63) is 35.4 Å². The molecule has 90 valence electrons. The first-order chi connectivity index (χ1) is 7.71. The third-order valence-electron chi connectivity index (χ3n) is 2.91. The van der Waals surface area contributed by atoms with Gasteiger partial charge >= 0.3 is 0 Å². The van der Waals surface area contributed by atoms with Gasteiger partial charge in [0.15, 0.2) is 0 Å². The second-order valence-corrected chi connectivity index (χ2v) is 4.01. The van der Waals surface area contributed by atoms with Gasteiger partial charge in [0.1, 0.15) is 0 Å². The molecule has 1 saturated heterocycles. The van der Waals surface area contributed by atoms with E-state index in [9.17, 15) is 5.11 Å². The molecule has 0 amide bonds. The lowest BCUT2D eigenvalue weighted by Gasteiger charge is -2.32. The van der Waals surface area contributed by atoms with E-state index in [2.05, 4.69) is 6.92 Å². The molecule has 0 atom stereocenters. The van der Waals surface area contributed by atoms with E-state index in [0.29, 0.717) is 26.1 Å². The molecule has 1 N–H and O–H groups in total. The van der Waals surface area contributed by atoms with Gasteiger partial charge in [-0.05, 0) is 12.5 Å². The van der Waals surface area contributed by atoms with Gasteiger partial charge in [-0.3, -0.25) is 0 Å². The first-order valence-electron chi connectivity index (χ1n) is 6.08. The Morgan fingerprint density at radius 1 is 1.06 bits per heavy atom. The Bertz CT molecular complexity index is 297. The predicted molar refractivity (Wildman–Crippen MR) is 66.5 cm³/mol. The van der Waals surface area contributed by atoms with Gasteiger partial charge in [-0.2, -0.15) is 0 Å². The zero-order valence-electron chi connectivity index (χ0n) is 10.5. The van der Waals surface area contributed by atoms with E-state index in [1.807, 2.05) is 38.1 Å². The van der Waals surface area contributed by atoms with Crippen molar-refractivity contribution in [3.8, 4) is 0 Å². The summed E-state index contributed by atoms with van der Waals surface area (Å²) in [6.07, 6.45) is 1.41. The first-order valence-corrected chi connectivity index (χ1v) is 6.08. The van der Waals surface area contributed by atoms with E-state index in [-0.39, 0.29) is 0 Å². The lowest BCUT2D eigenvalue weighted by molar-refractivity contribution is -0.0679. The van der Waals surface area contributed by atoms with E-state index >= 15 is 0 Å². The van der Waals surface area contributed by atoms with Gasteiger partial charge in [0, 0.05) is 26.1 Å². The molecule has 0 aromatic heterocycles. The molecule has 0 unspecified atom stereocenters. The normalized spacial score (nSPS) is 18.5. The molecule has 0 spiro atoms. The van der Waals surface area contributed by atoms with Gasteiger partial charge in [-0.1, -0.05) is 43.7 Å². The van der Waals surface area contributed by atoms with Gasteiger partial charge in [0.25, 0.3) is 0 Å². The molecule has 0 saturated carbocycles. The molecule has 1 aromatic carbocycles. The number of ether oxygens (including phenoxy) is 1. The third kappa shape index (κ3) is 3.06. The predicted octanol–water partition coefficient (Wildman–Crippen LogP) is 3.02. The number of rotatable bonds is 1. The molecule has 0 radical (unpaired) electrons. The maximum absolute atomic E-state index is 10.4. The Kier molecular flexibility index (Phi) is 4.97. The molecular formula is C14H22O2. The quantitative estimate of drug-likeness (QED) is 0.791. The number of hydrogen-bond acceptors (Lipinski definition) is 2. The van der Waals surface area contributed by atoms with Crippen molar-refractivity contribution in [2.45, 2.75) is 39.2 Å². The van der Waals surface area contributed by atoms with Crippen LogP contribution in [0.3, 0.4) is 0 Å². The van der Waals surface area contributed by atoms with Crippen LogP contribution in [0.25, 0.3) is 0 Å². The average molecular weight is 222 g/mol. The van der Waals surface area contributed by atoms with Crippen LogP contribution in [0.15, 0.2) is 24.3 Å². The number of aliphatic hydroxyl groups is 1. The molecule has 16 heavy (non-hydrogen) atoms. The van der Waals surface area contributed by atoms with Crippen molar-refractivity contribution < 1.29 is 9.84 Å². The Morgan fingerprint density at radius 2 is 1.56 bits per heavy atom. The molecule has 1 aliphatic rings. The summed E-state index contributed by atoms with van der Waals surface area (Å²) in [6.45, 7) is 7.37. The number of aryl methyl sites for hydroxylation is 1. The van der Waals surface area contributed by atoms with Crippen LogP contribution in [0.4, 0.5) is 0 Å². The van der Waals surface area contributed by atoms with Crippen LogP contribution in [0.1, 0.15) is 37.8 Å². The van der Waals surface area contributed by atoms with E-state index in [0.717, 1.165) is 5.56 Å². The molecule has 1 fully saturated rings. The van der Waals surface area contributed by atoms with E-state index in [1.165, 1.54) is 5.56 Å². The van der Waals surface area contributed by atoms with Crippen LogP contribution in [-0.2, 0) is 10.3 Å². The summed E-state index contributed by atoms with van der Waals surface area (Å²) in [5, 5.41) is 10.4. The molecule has 0 bridgehead atoms. The van der Waals surface area contributed by atoms with Crippen LogP contribution in [-0.4, -0.2) is 18.3 Å². The summed E-state index contributed by atoms with van der Waals surface area (Å²) in [4.78, 5) is 0. The first kappa shape index (κ1) is 13.2. The van der Waals surface area contributed by atoms with Crippen LogP contribution in [0.2, 0.25) is 0 Å². The van der Waals surface area contributed by atoms with E-state index < -0.39 is 5.60 Å². The highest BCUT2D eigenvalue weighted by molar-refractivity contribution is 5.26. The Hall–Kier alpha value is -0.860. The van der Waals surface area contributed by atoms with Crippen molar-refractivity contribution in [1.29, 1.82) is 0 Å². The molecular weight excluding hydrogens is 200 g/mol. The van der Waals surface area contributed by atoms with Crippen LogP contribution in [0, 0.1) is 6.92 Å². The molecule has 0 aliphatic carbocycles. The topological polar surface area (TPSA) is 29.5 Å². The molecule has 1 heterocycles. The van der Waals surface area contributed by atoms with Crippen molar-refractivity contribution in [2.75, 3.05) is 13.2 Å². The highest BCUT2D eigenvalue weighted by Crippen LogP contribution is 2.31. The SMILES string of the molecule is CC.Cc1ccc(C2(O)CCOCC2)cc1. The van der Waals surface area contributed by atoms with Gasteiger partial charge < -0.3 is 9.84 Å². The smallest absolute Gasteiger partial charge is 0.0940 e. The fraction of sp³-hybridized carbons (Fsp3) is 0.571.